The number of hydrogen-bond donors (Lipinski definition) is 8. The molecule has 0 aliphatic carbocycles. The molecule has 0 aliphatic heterocycles. The molecule has 3 aromatic carbocycles. The van der Waals surface area contributed by atoms with Gasteiger partial charge in [-0.25, -0.2) is 0 Å². The Morgan fingerprint density at radius 2 is 0.967 bits per heavy atom. The Kier molecular flexibility index (Phi) is 19.2. The SMILES string of the molecule is CC(C)C[C@@H](NC(=O)/C=C/c1ccccc1O)C(=O)N[C@@H](C(=O)N[C@@H](C(=O)N[C@H](Cc1ccccc1)C(=O)N[C@H](Cc1ccccc1)C(=O)N[C@H](C)C(N)=O)C(C)C)C(C)C. The second-order valence-electron chi connectivity index (χ2n) is 16.2. The van der Waals surface area contributed by atoms with Gasteiger partial charge < -0.3 is 42.7 Å². The molecule has 7 amide bonds. The number of carbonyl (C=O) groups excluding carboxylic acids is 7. The number of aromatic hydroxyl groups is 1. The third-order valence-electron chi connectivity index (χ3n) is 9.80. The summed E-state index contributed by atoms with van der Waals surface area (Å²) in [5, 5.41) is 26.4. The first-order chi connectivity index (χ1) is 28.9. The molecule has 9 N–H and O–H groups in total. The van der Waals surface area contributed by atoms with Gasteiger partial charge in [-0.05, 0) is 54.4 Å². The zero-order valence-corrected chi connectivity index (χ0v) is 35.9. The lowest BCUT2D eigenvalue weighted by Crippen LogP contribution is -2.61. The van der Waals surface area contributed by atoms with E-state index in [1.54, 1.807) is 100 Å². The average Bonchev–Trinajstić information content (AvgIpc) is 3.20. The van der Waals surface area contributed by atoms with Crippen LogP contribution >= 0.6 is 0 Å². The topological polar surface area (TPSA) is 238 Å². The Bertz CT molecular complexity index is 1990. The van der Waals surface area contributed by atoms with Gasteiger partial charge in [-0.2, -0.15) is 0 Å². The molecule has 0 fully saturated rings. The van der Waals surface area contributed by atoms with Crippen molar-refractivity contribution in [1.82, 2.24) is 31.9 Å². The van der Waals surface area contributed by atoms with Crippen LogP contribution < -0.4 is 37.6 Å². The lowest BCUT2D eigenvalue weighted by Gasteiger charge is -2.30. The third-order valence-corrected chi connectivity index (χ3v) is 9.80. The van der Waals surface area contributed by atoms with Gasteiger partial charge in [0, 0.05) is 24.5 Å². The van der Waals surface area contributed by atoms with E-state index >= 15 is 0 Å². The van der Waals surface area contributed by atoms with Gasteiger partial charge in [-0.3, -0.25) is 33.6 Å². The summed E-state index contributed by atoms with van der Waals surface area (Å²) in [6, 6.07) is 17.7. The van der Waals surface area contributed by atoms with Gasteiger partial charge in [0.15, 0.2) is 0 Å². The minimum atomic E-state index is -1.21. The lowest BCUT2D eigenvalue weighted by molar-refractivity contribution is -0.136. The van der Waals surface area contributed by atoms with Gasteiger partial charge in [0.2, 0.25) is 41.4 Å². The van der Waals surface area contributed by atoms with Crippen molar-refractivity contribution >= 4 is 47.4 Å². The number of benzene rings is 3. The number of amides is 7. The van der Waals surface area contributed by atoms with Gasteiger partial charge in [0.1, 0.15) is 42.0 Å². The fraction of sp³-hybridized carbons (Fsp3) is 0.413. The first kappa shape index (κ1) is 48.9. The molecule has 0 radical (unpaired) electrons. The number of nitrogens with one attached hydrogen (secondary N) is 6. The van der Waals surface area contributed by atoms with Crippen LogP contribution in [0.5, 0.6) is 5.75 Å². The van der Waals surface area contributed by atoms with Crippen molar-refractivity contribution in [3.05, 3.63) is 108 Å². The van der Waals surface area contributed by atoms with Crippen LogP contribution in [0, 0.1) is 17.8 Å². The summed E-state index contributed by atoms with van der Waals surface area (Å²) in [6.07, 6.45) is 3.00. The predicted molar refractivity (Wildman–Crippen MR) is 233 cm³/mol. The molecule has 3 rings (SSSR count). The Hall–Kier alpha value is -6.51. The Morgan fingerprint density at radius 1 is 0.541 bits per heavy atom. The second kappa shape index (κ2) is 23.9. The smallest absolute Gasteiger partial charge is 0.244 e. The van der Waals surface area contributed by atoms with Gasteiger partial charge in [-0.15, -0.1) is 0 Å². The van der Waals surface area contributed by atoms with E-state index in [9.17, 15) is 38.7 Å². The van der Waals surface area contributed by atoms with E-state index in [0.29, 0.717) is 11.1 Å². The maximum absolute atomic E-state index is 14.1. The monoisotopic (exact) mass is 839 g/mol. The number of primary amides is 1. The zero-order chi connectivity index (χ0) is 45.2. The third kappa shape index (κ3) is 16.2. The van der Waals surface area contributed by atoms with Crippen molar-refractivity contribution in [2.75, 3.05) is 0 Å². The highest BCUT2D eigenvalue weighted by Crippen LogP contribution is 2.17. The van der Waals surface area contributed by atoms with Crippen molar-refractivity contribution in [1.29, 1.82) is 0 Å². The predicted octanol–water partition coefficient (Wildman–Crippen LogP) is 2.66. The highest BCUT2D eigenvalue weighted by molar-refractivity contribution is 5.98. The standard InChI is InChI=1S/C46H61N7O8/c1-27(2)24-34(49-38(55)23-22-33-20-14-15-21-37(33)54)44(59)52-40(29(5)6)46(61)53-39(28(3)4)45(60)51-36(26-32-18-12-9-13-19-32)43(58)50-35(25-31-16-10-8-11-17-31)42(57)48-30(7)41(47)56/h8-23,27-30,34-36,39-40,54H,24-26H2,1-7H3,(H2,47,56)(H,48,57)(H,49,55)(H,50,58)(H,51,60)(H,52,59)(H,53,61)/b23-22+/t30-,34-,35-,36-,39-,40-/m1/s1. The molecule has 0 bridgehead atoms. The fourth-order valence-electron chi connectivity index (χ4n) is 6.32. The van der Waals surface area contributed by atoms with Gasteiger partial charge in [0.25, 0.3) is 0 Å². The first-order valence-corrected chi connectivity index (χ1v) is 20.5. The van der Waals surface area contributed by atoms with Crippen LogP contribution in [0.15, 0.2) is 91.0 Å². The van der Waals surface area contributed by atoms with E-state index in [4.69, 9.17) is 5.73 Å². The maximum Gasteiger partial charge on any atom is 0.244 e. The van der Waals surface area contributed by atoms with E-state index < -0.39 is 89.4 Å². The van der Waals surface area contributed by atoms with Crippen molar-refractivity contribution in [3.8, 4) is 5.75 Å². The van der Waals surface area contributed by atoms with Crippen molar-refractivity contribution in [2.24, 2.45) is 23.5 Å². The fourth-order valence-corrected chi connectivity index (χ4v) is 6.32. The zero-order valence-electron chi connectivity index (χ0n) is 35.9. The summed E-state index contributed by atoms with van der Waals surface area (Å²) in [5.74, 6) is -5.56. The van der Waals surface area contributed by atoms with Crippen molar-refractivity contribution in [3.63, 3.8) is 0 Å². The molecular formula is C46H61N7O8. The Balaban J connectivity index is 1.82. The molecule has 15 heteroatoms. The van der Waals surface area contributed by atoms with E-state index in [1.165, 1.54) is 25.1 Å². The van der Waals surface area contributed by atoms with Crippen LogP contribution in [-0.2, 0) is 46.4 Å². The largest absolute Gasteiger partial charge is 0.507 e. The number of phenols is 1. The molecule has 0 aliphatic rings. The normalized spacial score (nSPS) is 14.3. The number of hydrogen-bond acceptors (Lipinski definition) is 8. The molecule has 15 nitrogen and oxygen atoms in total. The molecule has 328 valence electrons. The van der Waals surface area contributed by atoms with Crippen molar-refractivity contribution in [2.45, 2.75) is 104 Å². The molecule has 0 saturated carbocycles. The van der Waals surface area contributed by atoms with Crippen LogP contribution in [0.3, 0.4) is 0 Å². The second-order valence-corrected chi connectivity index (χ2v) is 16.2. The lowest BCUT2D eigenvalue weighted by atomic mass is 9.97. The minimum Gasteiger partial charge on any atom is -0.507 e. The number of carbonyl (C=O) groups is 7. The number of rotatable bonds is 22. The van der Waals surface area contributed by atoms with Gasteiger partial charge in [-0.1, -0.05) is 120 Å². The Morgan fingerprint density at radius 3 is 1.44 bits per heavy atom. The summed E-state index contributed by atoms with van der Waals surface area (Å²) >= 11 is 0. The van der Waals surface area contributed by atoms with E-state index in [2.05, 4.69) is 31.9 Å². The molecule has 0 heterocycles. The molecule has 61 heavy (non-hydrogen) atoms. The van der Waals surface area contributed by atoms with Crippen LogP contribution in [0.1, 0.15) is 71.6 Å². The number of phenolic OH excluding ortho intramolecular Hbond substituents is 1. The minimum absolute atomic E-state index is 0.0119. The van der Waals surface area contributed by atoms with E-state index in [0.717, 1.165) is 5.56 Å². The van der Waals surface area contributed by atoms with Crippen LogP contribution in [0.25, 0.3) is 6.08 Å². The van der Waals surface area contributed by atoms with Gasteiger partial charge in [0.05, 0.1) is 0 Å². The molecule has 0 saturated heterocycles. The highest BCUT2D eigenvalue weighted by Gasteiger charge is 2.35. The van der Waals surface area contributed by atoms with E-state index in [1.807, 2.05) is 19.9 Å². The van der Waals surface area contributed by atoms with Crippen LogP contribution in [0.4, 0.5) is 0 Å². The summed E-state index contributed by atoms with van der Waals surface area (Å²) in [5.41, 5.74) is 7.24. The quantitative estimate of drug-likeness (QED) is 0.0699. The summed E-state index contributed by atoms with van der Waals surface area (Å²) in [6.45, 7) is 12.1. The highest BCUT2D eigenvalue weighted by atomic mass is 16.3. The molecule has 3 aromatic rings. The summed E-state index contributed by atoms with van der Waals surface area (Å²) in [7, 11) is 0. The molecule has 6 atom stereocenters. The van der Waals surface area contributed by atoms with E-state index in [-0.39, 0.29) is 30.9 Å². The molecule has 0 spiro atoms. The number of para-hydroxylation sites is 1. The average molecular weight is 840 g/mol. The van der Waals surface area contributed by atoms with Crippen LogP contribution in [-0.4, -0.2) is 82.7 Å². The van der Waals surface area contributed by atoms with Crippen molar-refractivity contribution < 1.29 is 38.7 Å². The number of nitrogens with two attached hydrogens (primary N) is 1. The summed E-state index contributed by atoms with van der Waals surface area (Å²) < 4.78 is 0. The van der Waals surface area contributed by atoms with Gasteiger partial charge >= 0.3 is 0 Å². The maximum atomic E-state index is 14.1. The van der Waals surface area contributed by atoms with Crippen LogP contribution in [0.2, 0.25) is 0 Å². The molecular weight excluding hydrogens is 779 g/mol. The molecule has 0 unspecified atom stereocenters. The summed E-state index contributed by atoms with van der Waals surface area (Å²) in [4.78, 5) is 94.0. The molecule has 0 aromatic heterocycles. The first-order valence-electron chi connectivity index (χ1n) is 20.5. The Labute approximate surface area is 358 Å².